The molecule has 2 rings (SSSR count). The van der Waals surface area contributed by atoms with Crippen LogP contribution in [0, 0.1) is 11.3 Å². The van der Waals surface area contributed by atoms with E-state index in [1.807, 2.05) is 17.0 Å². The van der Waals surface area contributed by atoms with Crippen molar-refractivity contribution in [3.05, 3.63) is 18.3 Å². The molecule has 0 amide bonds. The van der Waals surface area contributed by atoms with Crippen molar-refractivity contribution in [2.75, 3.05) is 56.3 Å². The van der Waals surface area contributed by atoms with Crippen molar-refractivity contribution < 1.29 is 14.3 Å². The number of anilines is 2. The highest BCUT2D eigenvalue weighted by Gasteiger charge is 2.14. The molecule has 7 heteroatoms. The Balaban J connectivity index is 2.01. The maximum Gasteiger partial charge on any atom is 0.307 e. The molecular formula is C15H20N4O3. The maximum absolute atomic E-state index is 11.2. The van der Waals surface area contributed by atoms with Crippen LogP contribution in [0.25, 0.3) is 0 Å². The molecule has 1 aliphatic rings. The lowest BCUT2D eigenvalue weighted by Gasteiger charge is -2.28. The van der Waals surface area contributed by atoms with Crippen molar-refractivity contribution in [3.8, 4) is 6.07 Å². The minimum absolute atomic E-state index is 0.204. The normalized spacial score (nSPS) is 14.3. The molecule has 0 atom stereocenters. The lowest BCUT2D eigenvalue weighted by Crippen LogP contribution is -2.36. The third kappa shape index (κ3) is 4.33. The van der Waals surface area contributed by atoms with Crippen LogP contribution in [0.5, 0.6) is 0 Å². The Morgan fingerprint density at radius 1 is 1.50 bits per heavy atom. The number of ether oxygens (including phenoxy) is 2. The van der Waals surface area contributed by atoms with Gasteiger partial charge in [-0.25, -0.2) is 4.98 Å². The summed E-state index contributed by atoms with van der Waals surface area (Å²) < 4.78 is 9.95. The molecule has 118 valence electrons. The van der Waals surface area contributed by atoms with Gasteiger partial charge in [-0.15, -0.1) is 0 Å². The van der Waals surface area contributed by atoms with Gasteiger partial charge in [0.15, 0.2) is 0 Å². The number of rotatable bonds is 6. The quantitative estimate of drug-likeness (QED) is 0.568. The van der Waals surface area contributed by atoms with Gasteiger partial charge in [-0.2, -0.15) is 5.26 Å². The highest BCUT2D eigenvalue weighted by Crippen LogP contribution is 2.18. The number of nitriles is 1. The number of esters is 1. The average molecular weight is 304 g/mol. The van der Waals surface area contributed by atoms with Crippen molar-refractivity contribution in [2.24, 2.45) is 0 Å². The number of carbonyl (C=O) groups is 1. The second-order valence-corrected chi connectivity index (χ2v) is 4.88. The fourth-order valence-electron chi connectivity index (χ4n) is 2.26. The number of hydrogen-bond acceptors (Lipinski definition) is 7. The van der Waals surface area contributed by atoms with Gasteiger partial charge in [0, 0.05) is 19.6 Å². The Morgan fingerprint density at radius 2 is 2.27 bits per heavy atom. The van der Waals surface area contributed by atoms with Gasteiger partial charge in [-0.05, 0) is 12.1 Å². The zero-order valence-electron chi connectivity index (χ0n) is 12.7. The lowest BCUT2D eigenvalue weighted by atomic mass is 10.3. The van der Waals surface area contributed by atoms with E-state index in [-0.39, 0.29) is 18.9 Å². The highest BCUT2D eigenvalue weighted by molar-refractivity contribution is 5.70. The van der Waals surface area contributed by atoms with Gasteiger partial charge in [-0.3, -0.25) is 4.79 Å². The molecule has 2 heterocycles. The Kier molecular flexibility index (Phi) is 5.98. The number of carbonyl (C=O) groups excluding carboxylic acids is 1. The van der Waals surface area contributed by atoms with Crippen LogP contribution in [0.1, 0.15) is 6.42 Å². The smallest absolute Gasteiger partial charge is 0.307 e. The first-order valence-corrected chi connectivity index (χ1v) is 7.22. The molecule has 1 saturated heterocycles. The van der Waals surface area contributed by atoms with Gasteiger partial charge in [0.1, 0.15) is 12.4 Å². The summed E-state index contributed by atoms with van der Waals surface area (Å²) in [4.78, 5) is 19.7. The lowest BCUT2D eigenvalue weighted by molar-refractivity contribution is -0.140. The highest BCUT2D eigenvalue weighted by atomic mass is 16.5. The minimum atomic E-state index is -0.291. The van der Waals surface area contributed by atoms with Crippen molar-refractivity contribution in [2.45, 2.75) is 6.42 Å². The van der Waals surface area contributed by atoms with Crippen molar-refractivity contribution >= 4 is 17.5 Å². The maximum atomic E-state index is 11.2. The van der Waals surface area contributed by atoms with Crippen LogP contribution >= 0.6 is 0 Å². The topological polar surface area (TPSA) is 78.7 Å². The van der Waals surface area contributed by atoms with Crippen molar-refractivity contribution in [3.63, 3.8) is 0 Å². The van der Waals surface area contributed by atoms with E-state index in [9.17, 15) is 4.79 Å². The summed E-state index contributed by atoms with van der Waals surface area (Å²) in [6.45, 7) is 3.72. The first-order chi connectivity index (χ1) is 10.7. The minimum Gasteiger partial charge on any atom is -0.469 e. The van der Waals surface area contributed by atoms with Crippen LogP contribution in [0.4, 0.5) is 11.5 Å². The molecule has 0 radical (unpaired) electrons. The summed E-state index contributed by atoms with van der Waals surface area (Å²) in [5, 5.41) is 8.93. The molecule has 0 saturated carbocycles. The Hall–Kier alpha value is -2.33. The average Bonchev–Trinajstić information content (AvgIpc) is 2.59. The SMILES string of the molecule is COC(=O)CCN(CC#N)c1ccc(N2CCOCC2)nc1. The zero-order chi connectivity index (χ0) is 15.8. The predicted octanol–water partition coefficient (Wildman–Crippen LogP) is 0.811. The summed E-state index contributed by atoms with van der Waals surface area (Å²) >= 11 is 0. The number of nitrogens with zero attached hydrogens (tertiary/aromatic N) is 4. The number of morpholine rings is 1. The third-order valence-electron chi connectivity index (χ3n) is 3.51. The van der Waals surface area contributed by atoms with E-state index in [0.717, 1.165) is 24.6 Å². The Morgan fingerprint density at radius 3 is 2.86 bits per heavy atom. The molecule has 0 spiro atoms. The van der Waals surface area contributed by atoms with Crippen LogP contribution in [-0.2, 0) is 14.3 Å². The van der Waals surface area contributed by atoms with E-state index in [1.54, 1.807) is 6.20 Å². The van der Waals surface area contributed by atoms with Gasteiger partial charge in [-0.1, -0.05) is 0 Å². The molecule has 1 aromatic heterocycles. The fraction of sp³-hybridized carbons (Fsp3) is 0.533. The van der Waals surface area contributed by atoms with E-state index >= 15 is 0 Å². The first-order valence-electron chi connectivity index (χ1n) is 7.22. The number of methoxy groups -OCH3 is 1. The second kappa shape index (κ2) is 8.20. The molecule has 1 fully saturated rings. The van der Waals surface area contributed by atoms with E-state index < -0.39 is 0 Å². The van der Waals surface area contributed by atoms with Crippen molar-refractivity contribution in [1.29, 1.82) is 5.26 Å². The molecule has 0 N–H and O–H groups in total. The molecular weight excluding hydrogens is 284 g/mol. The first kappa shape index (κ1) is 16.0. The molecule has 22 heavy (non-hydrogen) atoms. The fourth-order valence-corrected chi connectivity index (χ4v) is 2.26. The largest absolute Gasteiger partial charge is 0.469 e. The zero-order valence-corrected chi connectivity index (χ0v) is 12.7. The third-order valence-corrected chi connectivity index (χ3v) is 3.51. The molecule has 0 aliphatic carbocycles. The van der Waals surface area contributed by atoms with Gasteiger partial charge in [0.05, 0.1) is 44.7 Å². The summed E-state index contributed by atoms with van der Waals surface area (Å²) in [6.07, 6.45) is 1.98. The van der Waals surface area contributed by atoms with Crippen LogP contribution in [0.15, 0.2) is 18.3 Å². The number of aromatic nitrogens is 1. The number of hydrogen-bond donors (Lipinski definition) is 0. The van der Waals surface area contributed by atoms with Crippen LogP contribution in [-0.4, -0.2) is 57.5 Å². The number of pyridine rings is 1. The summed E-state index contributed by atoms with van der Waals surface area (Å²) in [6, 6.07) is 5.96. The van der Waals surface area contributed by atoms with Gasteiger partial charge in [0.25, 0.3) is 0 Å². The van der Waals surface area contributed by atoms with E-state index in [1.165, 1.54) is 7.11 Å². The van der Waals surface area contributed by atoms with Crippen LogP contribution in [0.3, 0.4) is 0 Å². The van der Waals surface area contributed by atoms with Crippen molar-refractivity contribution in [1.82, 2.24) is 4.98 Å². The van der Waals surface area contributed by atoms with E-state index in [0.29, 0.717) is 19.8 Å². The van der Waals surface area contributed by atoms with E-state index in [4.69, 9.17) is 10.00 Å². The molecule has 1 aromatic rings. The summed E-state index contributed by atoms with van der Waals surface area (Å²) in [7, 11) is 1.36. The van der Waals surface area contributed by atoms with Gasteiger partial charge >= 0.3 is 5.97 Å². The molecule has 7 nitrogen and oxygen atoms in total. The monoisotopic (exact) mass is 304 g/mol. The molecule has 0 unspecified atom stereocenters. The Labute approximate surface area is 130 Å². The summed E-state index contributed by atoms with van der Waals surface area (Å²) in [5.74, 6) is 0.609. The van der Waals surface area contributed by atoms with Crippen LogP contribution in [0.2, 0.25) is 0 Å². The second-order valence-electron chi connectivity index (χ2n) is 4.88. The van der Waals surface area contributed by atoms with Gasteiger partial charge < -0.3 is 19.3 Å². The van der Waals surface area contributed by atoms with E-state index in [2.05, 4.69) is 20.7 Å². The molecule has 1 aliphatic heterocycles. The van der Waals surface area contributed by atoms with Crippen LogP contribution < -0.4 is 9.80 Å². The Bertz CT molecular complexity index is 521. The summed E-state index contributed by atoms with van der Waals surface area (Å²) in [5.41, 5.74) is 0.822. The standard InChI is InChI=1S/C15H20N4O3/c1-21-15(20)4-6-18(7-5-16)13-2-3-14(17-12-13)19-8-10-22-11-9-19/h2-3,12H,4,6-11H2,1H3. The molecule has 0 aromatic carbocycles. The predicted molar refractivity (Wildman–Crippen MR) is 81.7 cm³/mol. The van der Waals surface area contributed by atoms with Gasteiger partial charge in [0.2, 0.25) is 0 Å². The molecule has 0 bridgehead atoms.